The average molecular weight is 396 g/mol. The van der Waals surface area contributed by atoms with Crippen molar-refractivity contribution in [1.82, 2.24) is 9.29 Å². The monoisotopic (exact) mass is 396 g/mol. The highest BCUT2D eigenvalue weighted by Crippen LogP contribution is 2.40. The van der Waals surface area contributed by atoms with Crippen molar-refractivity contribution < 1.29 is 22.0 Å². The van der Waals surface area contributed by atoms with Gasteiger partial charge in [0.25, 0.3) is 0 Å². The van der Waals surface area contributed by atoms with Crippen LogP contribution in [0.1, 0.15) is 18.4 Å². The summed E-state index contributed by atoms with van der Waals surface area (Å²) in [7, 11) is 0. The van der Waals surface area contributed by atoms with Gasteiger partial charge in [-0.25, -0.2) is 26.3 Å². The molecule has 4 rings (SSSR count). The number of fused-ring (bicyclic) bond motifs is 1. The summed E-state index contributed by atoms with van der Waals surface area (Å²) >= 11 is 0.562. The molecule has 1 aliphatic carbocycles. The molecule has 2 nitrogen and oxygen atoms in total. The second kappa shape index (κ2) is 7.09. The Bertz CT molecular complexity index is 988. The molecule has 0 aliphatic heterocycles. The lowest BCUT2D eigenvalue weighted by molar-refractivity contribution is 0.358. The number of aromatic nitrogens is 1. The third-order valence-electron chi connectivity index (χ3n) is 4.37. The van der Waals surface area contributed by atoms with E-state index in [0.29, 0.717) is 11.9 Å². The van der Waals surface area contributed by atoms with Gasteiger partial charge in [-0.2, -0.15) is 0 Å². The predicted octanol–water partition coefficient (Wildman–Crippen LogP) is 5.60. The topological polar surface area (TPSA) is 16.1 Å². The van der Waals surface area contributed by atoms with Gasteiger partial charge in [-0.05, 0) is 36.4 Å². The summed E-state index contributed by atoms with van der Waals surface area (Å²) in [5, 5.41) is 0.909. The quantitative estimate of drug-likeness (QED) is 0.242. The fourth-order valence-corrected chi connectivity index (χ4v) is 3.98. The van der Waals surface area contributed by atoms with Crippen LogP contribution in [0.25, 0.3) is 10.9 Å². The summed E-state index contributed by atoms with van der Waals surface area (Å²) in [5.41, 5.74) is 1.56. The van der Waals surface area contributed by atoms with Gasteiger partial charge in [-0.15, -0.1) is 0 Å². The Balaban J connectivity index is 1.69. The molecule has 140 valence electrons. The average Bonchev–Trinajstić information content (AvgIpc) is 3.52. The third-order valence-corrected chi connectivity index (χ3v) is 5.58. The molecule has 0 saturated heterocycles. The minimum absolute atomic E-state index is 0.00365. The Morgan fingerprint density at radius 1 is 0.889 bits per heavy atom. The number of pyridine rings is 1. The van der Waals surface area contributed by atoms with E-state index in [1.807, 2.05) is 24.3 Å². The minimum atomic E-state index is -2.15. The Kier molecular flexibility index (Phi) is 4.77. The fourth-order valence-electron chi connectivity index (χ4n) is 2.84. The second-order valence-electron chi connectivity index (χ2n) is 6.29. The smallest absolute Gasteiger partial charge is 0.200 e. The Labute approximate surface area is 156 Å². The van der Waals surface area contributed by atoms with E-state index in [0.717, 1.165) is 29.3 Å². The number of hydrogen-bond donors (Lipinski definition) is 0. The van der Waals surface area contributed by atoms with Gasteiger partial charge in [0.05, 0.1) is 5.52 Å². The summed E-state index contributed by atoms with van der Waals surface area (Å²) in [6, 6.07) is 9.27. The highest BCUT2D eigenvalue weighted by molar-refractivity contribution is 7.97. The van der Waals surface area contributed by atoms with Gasteiger partial charge >= 0.3 is 0 Å². The lowest BCUT2D eigenvalue weighted by Crippen LogP contribution is -2.19. The van der Waals surface area contributed by atoms with Crippen molar-refractivity contribution in [2.75, 3.05) is 0 Å². The van der Waals surface area contributed by atoms with Crippen LogP contribution in [0, 0.1) is 29.1 Å². The summed E-state index contributed by atoms with van der Waals surface area (Å²) in [5.74, 6) is -9.63. The lowest BCUT2D eigenvalue weighted by Gasteiger charge is -2.22. The standard InChI is InChI=1S/C19H13F5N2S/c20-13-14(21)16(23)19(17(24)15(13)22)27-26(12-6-7-12)9-11-4-1-3-10-5-2-8-25-18(10)11/h1-5,8,12H,6-7,9H2. The van der Waals surface area contributed by atoms with Crippen LogP contribution in [0.4, 0.5) is 22.0 Å². The minimum Gasteiger partial charge on any atom is -0.256 e. The summed E-state index contributed by atoms with van der Waals surface area (Å²) in [4.78, 5) is 3.46. The molecule has 2 aromatic carbocycles. The van der Waals surface area contributed by atoms with Crippen molar-refractivity contribution in [3.05, 3.63) is 71.2 Å². The number of nitrogens with zero attached hydrogens (tertiary/aromatic N) is 2. The normalized spacial score (nSPS) is 14.3. The zero-order chi connectivity index (χ0) is 19.1. The molecule has 8 heteroatoms. The van der Waals surface area contributed by atoms with Crippen LogP contribution in [-0.4, -0.2) is 15.3 Å². The molecule has 0 amide bonds. The van der Waals surface area contributed by atoms with E-state index in [9.17, 15) is 22.0 Å². The van der Waals surface area contributed by atoms with Gasteiger partial charge in [-0.1, -0.05) is 24.3 Å². The highest BCUT2D eigenvalue weighted by Gasteiger charge is 2.34. The lowest BCUT2D eigenvalue weighted by atomic mass is 10.1. The van der Waals surface area contributed by atoms with E-state index in [1.54, 1.807) is 16.6 Å². The van der Waals surface area contributed by atoms with E-state index in [-0.39, 0.29) is 12.6 Å². The van der Waals surface area contributed by atoms with Crippen molar-refractivity contribution in [2.24, 2.45) is 0 Å². The van der Waals surface area contributed by atoms with Crippen LogP contribution in [0.2, 0.25) is 0 Å². The first-order chi connectivity index (χ1) is 13.0. The molecule has 0 unspecified atom stereocenters. The maximum atomic E-state index is 14.1. The highest BCUT2D eigenvalue weighted by atomic mass is 32.2. The Morgan fingerprint density at radius 3 is 2.19 bits per heavy atom. The molecule has 0 atom stereocenters. The van der Waals surface area contributed by atoms with Gasteiger partial charge in [0.1, 0.15) is 4.90 Å². The van der Waals surface area contributed by atoms with E-state index >= 15 is 0 Å². The zero-order valence-corrected chi connectivity index (χ0v) is 14.7. The number of benzene rings is 2. The molecular formula is C19H13F5N2S. The predicted molar refractivity (Wildman–Crippen MR) is 92.4 cm³/mol. The zero-order valence-electron chi connectivity index (χ0n) is 13.9. The second-order valence-corrected chi connectivity index (χ2v) is 7.35. The van der Waals surface area contributed by atoms with Crippen LogP contribution in [0.15, 0.2) is 41.4 Å². The Hall–Kier alpha value is -2.19. The fraction of sp³-hybridized carbons (Fsp3) is 0.211. The number of para-hydroxylation sites is 1. The van der Waals surface area contributed by atoms with E-state index in [4.69, 9.17) is 0 Å². The van der Waals surface area contributed by atoms with Crippen LogP contribution in [0.3, 0.4) is 0 Å². The molecule has 1 saturated carbocycles. The number of hydrogen-bond acceptors (Lipinski definition) is 3. The van der Waals surface area contributed by atoms with Crippen molar-refractivity contribution in [2.45, 2.75) is 30.3 Å². The first kappa shape index (κ1) is 18.2. The summed E-state index contributed by atoms with van der Waals surface area (Å²) in [6.45, 7) is 0.267. The van der Waals surface area contributed by atoms with Gasteiger partial charge < -0.3 is 0 Å². The maximum absolute atomic E-state index is 14.1. The molecule has 1 aliphatic rings. The Morgan fingerprint density at radius 2 is 1.52 bits per heavy atom. The maximum Gasteiger partial charge on any atom is 0.200 e. The molecule has 27 heavy (non-hydrogen) atoms. The molecular weight excluding hydrogens is 383 g/mol. The number of rotatable bonds is 5. The third kappa shape index (κ3) is 3.39. The first-order valence-electron chi connectivity index (χ1n) is 8.26. The molecule has 1 fully saturated rings. The van der Waals surface area contributed by atoms with Crippen molar-refractivity contribution in [3.8, 4) is 0 Å². The first-order valence-corrected chi connectivity index (χ1v) is 9.03. The van der Waals surface area contributed by atoms with Crippen molar-refractivity contribution in [3.63, 3.8) is 0 Å². The molecule has 0 radical (unpaired) electrons. The van der Waals surface area contributed by atoms with Gasteiger partial charge in [0.15, 0.2) is 23.3 Å². The molecule has 0 spiro atoms. The van der Waals surface area contributed by atoms with Crippen LogP contribution < -0.4 is 0 Å². The SMILES string of the molecule is Fc1c(F)c(F)c(SN(Cc2cccc3cccnc23)C2CC2)c(F)c1F. The molecule has 0 bridgehead atoms. The van der Waals surface area contributed by atoms with Crippen LogP contribution >= 0.6 is 11.9 Å². The van der Waals surface area contributed by atoms with Crippen molar-refractivity contribution in [1.29, 1.82) is 0 Å². The largest absolute Gasteiger partial charge is 0.256 e. The summed E-state index contributed by atoms with van der Waals surface area (Å²) < 4.78 is 70.0. The van der Waals surface area contributed by atoms with Gasteiger partial charge in [0, 0.05) is 24.2 Å². The van der Waals surface area contributed by atoms with E-state index in [1.165, 1.54) is 0 Å². The molecule has 1 heterocycles. The van der Waals surface area contributed by atoms with E-state index in [2.05, 4.69) is 4.98 Å². The van der Waals surface area contributed by atoms with Gasteiger partial charge in [0.2, 0.25) is 5.82 Å². The summed E-state index contributed by atoms with van der Waals surface area (Å²) in [6.07, 6.45) is 3.23. The van der Waals surface area contributed by atoms with Gasteiger partial charge in [-0.3, -0.25) is 4.98 Å². The molecule has 3 aromatic rings. The number of halogens is 5. The van der Waals surface area contributed by atoms with E-state index < -0.39 is 34.0 Å². The molecule has 0 N–H and O–H groups in total. The molecule has 1 aromatic heterocycles. The van der Waals surface area contributed by atoms with Crippen molar-refractivity contribution >= 4 is 22.9 Å². The van der Waals surface area contributed by atoms with Crippen LogP contribution in [0.5, 0.6) is 0 Å². The van der Waals surface area contributed by atoms with Crippen LogP contribution in [-0.2, 0) is 6.54 Å².